The van der Waals surface area contributed by atoms with E-state index in [0.29, 0.717) is 12.8 Å². The number of ether oxygens (including phenoxy) is 3. The van der Waals surface area contributed by atoms with Crippen molar-refractivity contribution in [3.8, 4) is 5.75 Å². The first-order valence-electron chi connectivity index (χ1n) is 8.89. The van der Waals surface area contributed by atoms with Gasteiger partial charge in [0.05, 0.1) is 20.3 Å². The van der Waals surface area contributed by atoms with Crippen LogP contribution in [0.15, 0.2) is 18.2 Å². The molecule has 26 heavy (non-hydrogen) atoms. The summed E-state index contributed by atoms with van der Waals surface area (Å²) in [6.45, 7) is 5.95. The molecule has 6 nitrogen and oxygen atoms in total. The molecule has 142 valence electrons. The molecular formula is C20H27NO5. The second-order valence-corrected chi connectivity index (χ2v) is 6.10. The number of fused-ring (bicyclic) bond motifs is 1. The highest BCUT2D eigenvalue weighted by molar-refractivity contribution is 5.95. The number of hydrogen-bond donors (Lipinski definition) is 0. The minimum atomic E-state index is -0.907. The topological polar surface area (TPSA) is 66.8 Å². The summed E-state index contributed by atoms with van der Waals surface area (Å²) >= 11 is 0. The number of methoxy groups -OCH3 is 1. The Morgan fingerprint density at radius 3 is 2.27 bits per heavy atom. The maximum atomic E-state index is 12.2. The van der Waals surface area contributed by atoms with Crippen LogP contribution in [0.25, 0.3) is 10.9 Å². The number of rotatable bonds is 8. The molecule has 0 fully saturated rings. The molecule has 0 atom stereocenters. The van der Waals surface area contributed by atoms with Gasteiger partial charge < -0.3 is 18.8 Å². The fraction of sp³-hybridized carbons (Fsp3) is 0.500. The molecule has 0 radical (unpaired) electrons. The van der Waals surface area contributed by atoms with Crippen LogP contribution >= 0.6 is 0 Å². The summed E-state index contributed by atoms with van der Waals surface area (Å²) in [6.07, 6.45) is 0.910. The fourth-order valence-corrected chi connectivity index (χ4v) is 3.18. The van der Waals surface area contributed by atoms with Crippen molar-refractivity contribution in [1.29, 1.82) is 0 Å². The Balaban J connectivity index is 2.31. The molecular weight excluding hydrogens is 334 g/mol. The van der Waals surface area contributed by atoms with Crippen molar-refractivity contribution in [2.24, 2.45) is 13.0 Å². The molecule has 1 aromatic carbocycles. The molecule has 0 bridgehead atoms. The van der Waals surface area contributed by atoms with Crippen molar-refractivity contribution in [2.45, 2.75) is 33.6 Å². The SMILES string of the molecule is CCOC(=O)C(CCc1c(C)n(C)c2ccc(OC)cc12)C(=O)OCC. The molecule has 0 spiro atoms. The van der Waals surface area contributed by atoms with Crippen LogP contribution in [0.1, 0.15) is 31.5 Å². The molecule has 0 aliphatic carbocycles. The predicted octanol–water partition coefficient (Wildman–Crippen LogP) is 3.17. The number of nitrogens with zero attached hydrogens (tertiary/aromatic N) is 1. The Labute approximate surface area is 154 Å². The number of aryl methyl sites for hydroxylation is 2. The van der Waals surface area contributed by atoms with Gasteiger partial charge in [0.15, 0.2) is 5.92 Å². The van der Waals surface area contributed by atoms with Gasteiger partial charge in [-0.25, -0.2) is 0 Å². The Morgan fingerprint density at radius 2 is 1.73 bits per heavy atom. The van der Waals surface area contributed by atoms with E-state index >= 15 is 0 Å². The maximum Gasteiger partial charge on any atom is 0.320 e. The zero-order valence-corrected chi connectivity index (χ0v) is 16.1. The Morgan fingerprint density at radius 1 is 1.12 bits per heavy atom. The van der Waals surface area contributed by atoms with Crippen LogP contribution < -0.4 is 4.74 Å². The van der Waals surface area contributed by atoms with E-state index in [1.54, 1.807) is 21.0 Å². The molecule has 2 rings (SSSR count). The largest absolute Gasteiger partial charge is 0.497 e. The summed E-state index contributed by atoms with van der Waals surface area (Å²) in [5.74, 6) is -1.19. The molecule has 6 heteroatoms. The van der Waals surface area contributed by atoms with E-state index in [-0.39, 0.29) is 13.2 Å². The maximum absolute atomic E-state index is 12.2. The number of carbonyl (C=O) groups excluding carboxylic acids is 2. The number of carbonyl (C=O) groups is 2. The third kappa shape index (κ3) is 4.00. The van der Waals surface area contributed by atoms with E-state index < -0.39 is 17.9 Å². The predicted molar refractivity (Wildman–Crippen MR) is 99.3 cm³/mol. The first-order valence-corrected chi connectivity index (χ1v) is 8.89. The third-order valence-electron chi connectivity index (χ3n) is 4.66. The van der Waals surface area contributed by atoms with Gasteiger partial charge in [0.1, 0.15) is 5.75 Å². The summed E-state index contributed by atoms with van der Waals surface area (Å²) in [5.41, 5.74) is 3.28. The van der Waals surface area contributed by atoms with Crippen LogP contribution in [0.2, 0.25) is 0 Å². The lowest BCUT2D eigenvalue weighted by atomic mass is 9.97. The summed E-state index contributed by atoms with van der Waals surface area (Å²) < 4.78 is 17.5. The zero-order chi connectivity index (χ0) is 19.3. The van der Waals surface area contributed by atoms with Crippen LogP contribution in [0, 0.1) is 12.8 Å². The van der Waals surface area contributed by atoms with Crippen molar-refractivity contribution >= 4 is 22.8 Å². The lowest BCUT2D eigenvalue weighted by Crippen LogP contribution is -2.28. The number of hydrogen-bond acceptors (Lipinski definition) is 5. The van der Waals surface area contributed by atoms with Gasteiger partial charge in [0, 0.05) is 23.6 Å². The average molecular weight is 361 g/mol. The van der Waals surface area contributed by atoms with Crippen molar-refractivity contribution < 1.29 is 23.8 Å². The van der Waals surface area contributed by atoms with Gasteiger partial charge in [-0.3, -0.25) is 9.59 Å². The van der Waals surface area contributed by atoms with Crippen molar-refractivity contribution in [3.63, 3.8) is 0 Å². The molecule has 0 saturated heterocycles. The molecule has 1 heterocycles. The molecule has 1 aromatic heterocycles. The summed E-state index contributed by atoms with van der Waals surface area (Å²) in [4.78, 5) is 24.4. The van der Waals surface area contributed by atoms with Crippen LogP contribution in [-0.4, -0.2) is 36.8 Å². The summed E-state index contributed by atoms with van der Waals surface area (Å²) in [6, 6.07) is 5.92. The smallest absolute Gasteiger partial charge is 0.320 e. The number of aromatic nitrogens is 1. The number of esters is 2. The minimum Gasteiger partial charge on any atom is -0.497 e. The van der Waals surface area contributed by atoms with Gasteiger partial charge in [0.25, 0.3) is 0 Å². The van der Waals surface area contributed by atoms with Crippen molar-refractivity contribution in [3.05, 3.63) is 29.5 Å². The highest BCUT2D eigenvalue weighted by Gasteiger charge is 2.30. The quantitative estimate of drug-likeness (QED) is 0.534. The zero-order valence-electron chi connectivity index (χ0n) is 16.1. The van der Waals surface area contributed by atoms with E-state index in [9.17, 15) is 9.59 Å². The van der Waals surface area contributed by atoms with Gasteiger partial charge in [-0.05, 0) is 57.4 Å². The second-order valence-electron chi connectivity index (χ2n) is 6.10. The summed E-state index contributed by atoms with van der Waals surface area (Å²) in [7, 11) is 3.63. The lowest BCUT2D eigenvalue weighted by molar-refractivity contribution is -0.161. The standard InChI is InChI=1S/C20H27NO5/c1-6-25-19(22)16(20(23)26-7-2)10-9-15-13(3)21(4)18-11-8-14(24-5)12-17(15)18/h8,11-12,16H,6-7,9-10H2,1-5H3. The van der Waals surface area contributed by atoms with Crippen molar-refractivity contribution in [1.82, 2.24) is 4.57 Å². The molecule has 2 aromatic rings. The van der Waals surface area contributed by atoms with Gasteiger partial charge in [-0.1, -0.05) is 0 Å². The van der Waals surface area contributed by atoms with E-state index in [1.165, 1.54) is 0 Å². The monoisotopic (exact) mass is 361 g/mol. The average Bonchev–Trinajstić information content (AvgIpc) is 2.86. The van der Waals surface area contributed by atoms with E-state index in [4.69, 9.17) is 14.2 Å². The number of benzene rings is 1. The van der Waals surface area contributed by atoms with Crippen LogP contribution in [0.4, 0.5) is 0 Å². The molecule has 0 aliphatic heterocycles. The lowest BCUT2D eigenvalue weighted by Gasteiger charge is -2.14. The van der Waals surface area contributed by atoms with Crippen LogP contribution in [0.5, 0.6) is 5.75 Å². The van der Waals surface area contributed by atoms with Crippen LogP contribution in [0.3, 0.4) is 0 Å². The normalized spacial score (nSPS) is 11.0. The van der Waals surface area contributed by atoms with E-state index in [2.05, 4.69) is 4.57 Å². The molecule has 0 saturated carbocycles. The van der Waals surface area contributed by atoms with E-state index in [0.717, 1.165) is 27.9 Å². The van der Waals surface area contributed by atoms with Crippen LogP contribution in [-0.2, 0) is 32.5 Å². The fourth-order valence-electron chi connectivity index (χ4n) is 3.18. The van der Waals surface area contributed by atoms with Gasteiger partial charge in [0.2, 0.25) is 0 Å². The highest BCUT2D eigenvalue weighted by atomic mass is 16.6. The van der Waals surface area contributed by atoms with Gasteiger partial charge in [-0.15, -0.1) is 0 Å². The van der Waals surface area contributed by atoms with Crippen molar-refractivity contribution in [2.75, 3.05) is 20.3 Å². The second kappa shape index (κ2) is 8.74. The Bertz CT molecular complexity index is 775. The van der Waals surface area contributed by atoms with Gasteiger partial charge in [-0.2, -0.15) is 0 Å². The highest BCUT2D eigenvalue weighted by Crippen LogP contribution is 2.30. The minimum absolute atomic E-state index is 0.235. The molecule has 0 unspecified atom stereocenters. The Kier molecular flexibility index (Phi) is 6.66. The summed E-state index contributed by atoms with van der Waals surface area (Å²) in [5, 5.41) is 1.07. The molecule has 0 N–H and O–H groups in total. The van der Waals surface area contributed by atoms with Gasteiger partial charge >= 0.3 is 11.9 Å². The van der Waals surface area contributed by atoms with E-state index in [1.807, 2.05) is 32.2 Å². The third-order valence-corrected chi connectivity index (χ3v) is 4.66. The Hall–Kier alpha value is -2.50. The molecule has 0 amide bonds. The first-order chi connectivity index (χ1) is 12.4. The molecule has 0 aliphatic rings. The first kappa shape index (κ1) is 19.8.